The molecule has 0 spiro atoms. The number of carboxylic acid groups (broad SMARTS) is 2. The number of benzene rings is 1. The number of aromatic amines is 1. The molecule has 0 aliphatic carbocycles. The number of hydrogen-bond acceptors (Lipinski definition) is 6. The number of rotatable bonds is 11. The topological polar surface area (TPSA) is 138 Å². The summed E-state index contributed by atoms with van der Waals surface area (Å²) < 4.78 is 10.4. The van der Waals surface area contributed by atoms with E-state index in [9.17, 15) is 14.4 Å². The molecule has 27 heavy (non-hydrogen) atoms. The van der Waals surface area contributed by atoms with Crippen LogP contribution in [0.2, 0.25) is 5.02 Å². The van der Waals surface area contributed by atoms with E-state index < -0.39 is 17.4 Å². The van der Waals surface area contributed by atoms with Gasteiger partial charge in [-0.15, -0.1) is 0 Å². The predicted octanol–water partition coefficient (Wildman–Crippen LogP) is 1.80. The highest BCUT2D eigenvalue weighted by atomic mass is 35.5. The maximum Gasteiger partial charge on any atom is 0.341 e. The van der Waals surface area contributed by atoms with Gasteiger partial charge in [-0.3, -0.25) is 9.59 Å². The van der Waals surface area contributed by atoms with E-state index in [-0.39, 0.29) is 30.6 Å². The Balaban J connectivity index is 1.87. The van der Waals surface area contributed by atoms with Gasteiger partial charge in [0.25, 0.3) is 0 Å². The lowest BCUT2D eigenvalue weighted by Crippen LogP contribution is -2.16. The maximum absolute atomic E-state index is 12.2. The Bertz CT molecular complexity index is 881. The summed E-state index contributed by atoms with van der Waals surface area (Å²) >= 11 is 6.17. The Morgan fingerprint density at radius 2 is 1.81 bits per heavy atom. The van der Waals surface area contributed by atoms with Gasteiger partial charge in [0.1, 0.15) is 5.56 Å². The number of carboxylic acids is 2. The summed E-state index contributed by atoms with van der Waals surface area (Å²) in [6.07, 6.45) is 1.09. The van der Waals surface area contributed by atoms with Crippen molar-refractivity contribution >= 4 is 40.1 Å². The molecule has 0 bridgehead atoms. The van der Waals surface area contributed by atoms with Gasteiger partial charge >= 0.3 is 11.9 Å². The average Bonchev–Trinajstić information content (AvgIpc) is 2.60. The number of halogens is 1. The van der Waals surface area contributed by atoms with Crippen molar-refractivity contribution in [1.29, 1.82) is 0 Å². The molecule has 146 valence electrons. The van der Waals surface area contributed by atoms with E-state index in [4.69, 9.17) is 31.3 Å². The van der Waals surface area contributed by atoms with Gasteiger partial charge in [-0.1, -0.05) is 11.6 Å². The molecule has 2 aromatic rings. The number of fused-ring (bicyclic) bond motifs is 1. The molecule has 0 aliphatic rings. The Morgan fingerprint density at radius 1 is 1.11 bits per heavy atom. The Labute approximate surface area is 158 Å². The monoisotopic (exact) mass is 398 g/mol. The van der Waals surface area contributed by atoms with E-state index >= 15 is 0 Å². The lowest BCUT2D eigenvalue weighted by Gasteiger charge is -2.11. The Kier molecular flexibility index (Phi) is 7.59. The van der Waals surface area contributed by atoms with E-state index in [1.165, 1.54) is 6.07 Å². The molecule has 0 saturated carbocycles. The van der Waals surface area contributed by atoms with Crippen LogP contribution in [0.1, 0.15) is 16.8 Å². The van der Waals surface area contributed by atoms with Crippen molar-refractivity contribution in [3.05, 3.63) is 39.1 Å². The predicted molar refractivity (Wildman–Crippen MR) is 98.9 cm³/mol. The third-order valence-corrected chi connectivity index (χ3v) is 3.91. The molecule has 1 heterocycles. The number of H-pyrrole nitrogens is 1. The van der Waals surface area contributed by atoms with Crippen LogP contribution < -0.4 is 10.7 Å². The zero-order chi connectivity index (χ0) is 19.8. The highest BCUT2D eigenvalue weighted by Crippen LogP contribution is 2.25. The summed E-state index contributed by atoms with van der Waals surface area (Å²) in [6.45, 7) is 1.47. The fraction of sp³-hybridized carbons (Fsp3) is 0.353. The summed E-state index contributed by atoms with van der Waals surface area (Å²) in [5.41, 5.74) is -0.0125. The normalized spacial score (nSPS) is 10.9. The number of carbonyl (C=O) groups is 2. The first-order chi connectivity index (χ1) is 12.9. The molecule has 0 aliphatic heterocycles. The Morgan fingerprint density at radius 3 is 2.48 bits per heavy atom. The van der Waals surface area contributed by atoms with Crippen LogP contribution in [0.25, 0.3) is 10.9 Å². The minimum atomic E-state index is -1.30. The largest absolute Gasteiger partial charge is 0.481 e. The van der Waals surface area contributed by atoms with Crippen LogP contribution in [0.5, 0.6) is 0 Å². The molecule has 1 aromatic carbocycles. The zero-order valence-electron chi connectivity index (χ0n) is 14.3. The van der Waals surface area contributed by atoms with Crippen LogP contribution in [-0.4, -0.2) is 60.1 Å². The molecule has 0 saturated heterocycles. The van der Waals surface area contributed by atoms with Gasteiger partial charge in [0.2, 0.25) is 5.43 Å². The van der Waals surface area contributed by atoms with Gasteiger partial charge in [-0.05, 0) is 12.1 Å². The molecule has 4 N–H and O–H groups in total. The van der Waals surface area contributed by atoms with Gasteiger partial charge in [0.05, 0.1) is 49.1 Å². The quantitative estimate of drug-likeness (QED) is 0.420. The van der Waals surface area contributed by atoms with Crippen molar-refractivity contribution < 1.29 is 29.3 Å². The molecule has 0 radical (unpaired) electrons. The van der Waals surface area contributed by atoms with Gasteiger partial charge in [-0.2, -0.15) is 0 Å². The lowest BCUT2D eigenvalue weighted by molar-refractivity contribution is -0.138. The van der Waals surface area contributed by atoms with Crippen molar-refractivity contribution in [2.75, 3.05) is 38.3 Å². The smallest absolute Gasteiger partial charge is 0.341 e. The maximum atomic E-state index is 12.2. The highest BCUT2D eigenvalue weighted by Gasteiger charge is 2.13. The van der Waals surface area contributed by atoms with Crippen LogP contribution >= 0.6 is 11.6 Å². The first-order valence-electron chi connectivity index (χ1n) is 8.09. The second-order valence-electron chi connectivity index (χ2n) is 5.51. The second-order valence-corrected chi connectivity index (χ2v) is 5.92. The fourth-order valence-corrected chi connectivity index (χ4v) is 2.51. The van der Waals surface area contributed by atoms with E-state index in [1.807, 2.05) is 0 Å². The molecule has 10 heteroatoms. The number of hydrogen-bond donors (Lipinski definition) is 4. The SMILES string of the molecule is O=C(O)CCOCCOCCNc1cc2c(=O)c(C(=O)O)c[nH]c2cc1Cl. The number of ether oxygens (including phenoxy) is 2. The fourth-order valence-electron chi connectivity index (χ4n) is 2.27. The van der Waals surface area contributed by atoms with E-state index in [2.05, 4.69) is 10.3 Å². The van der Waals surface area contributed by atoms with E-state index in [0.29, 0.717) is 36.0 Å². The molecule has 0 fully saturated rings. The van der Waals surface area contributed by atoms with E-state index in [1.54, 1.807) is 6.07 Å². The molecule has 1 aromatic heterocycles. The first-order valence-corrected chi connectivity index (χ1v) is 8.47. The molecule has 0 atom stereocenters. The van der Waals surface area contributed by atoms with Crippen LogP contribution in [0.3, 0.4) is 0 Å². The number of aromatic carboxylic acids is 1. The number of pyridine rings is 1. The summed E-state index contributed by atoms with van der Waals surface area (Å²) in [6, 6.07) is 3.04. The lowest BCUT2D eigenvalue weighted by atomic mass is 10.1. The molecule has 2 rings (SSSR count). The third-order valence-electron chi connectivity index (χ3n) is 3.59. The minimum Gasteiger partial charge on any atom is -0.481 e. The van der Waals surface area contributed by atoms with Gasteiger partial charge < -0.3 is 30.0 Å². The minimum absolute atomic E-state index is 0.0509. The van der Waals surface area contributed by atoms with Gasteiger partial charge in [0.15, 0.2) is 0 Å². The summed E-state index contributed by atoms with van der Waals surface area (Å²) in [5, 5.41) is 21.1. The second kappa shape index (κ2) is 9.91. The van der Waals surface area contributed by atoms with Crippen LogP contribution in [0.4, 0.5) is 5.69 Å². The number of anilines is 1. The van der Waals surface area contributed by atoms with Crippen molar-refractivity contribution in [3.63, 3.8) is 0 Å². The van der Waals surface area contributed by atoms with E-state index in [0.717, 1.165) is 6.20 Å². The average molecular weight is 399 g/mol. The highest BCUT2D eigenvalue weighted by molar-refractivity contribution is 6.34. The Hall–Kier alpha value is -2.62. The number of aliphatic carboxylic acids is 1. The summed E-state index contributed by atoms with van der Waals surface area (Å²) in [7, 11) is 0. The molecular weight excluding hydrogens is 380 g/mol. The van der Waals surface area contributed by atoms with Crippen LogP contribution in [-0.2, 0) is 14.3 Å². The first kappa shape index (κ1) is 20.7. The standard InChI is InChI=1S/C17H19ClN2O7/c18-12-8-13-10(16(23)11(9-20-13)17(24)25)7-14(12)19-2-4-27-6-5-26-3-1-15(21)22/h7-9,19H,1-6H2,(H,20,23)(H,21,22)(H,24,25). The molecule has 0 amide bonds. The van der Waals surface area contributed by atoms with Crippen molar-refractivity contribution in [3.8, 4) is 0 Å². The summed E-state index contributed by atoms with van der Waals surface area (Å²) in [4.78, 5) is 36.4. The van der Waals surface area contributed by atoms with Gasteiger partial charge in [0, 0.05) is 18.1 Å². The van der Waals surface area contributed by atoms with Crippen molar-refractivity contribution in [2.24, 2.45) is 0 Å². The number of aromatic nitrogens is 1. The molecular formula is C17H19ClN2O7. The van der Waals surface area contributed by atoms with Crippen LogP contribution in [0, 0.1) is 0 Å². The third kappa shape index (κ3) is 5.95. The molecule has 0 unspecified atom stereocenters. The van der Waals surface area contributed by atoms with Crippen molar-refractivity contribution in [1.82, 2.24) is 4.98 Å². The molecule has 9 nitrogen and oxygen atoms in total. The van der Waals surface area contributed by atoms with Crippen molar-refractivity contribution in [2.45, 2.75) is 6.42 Å². The summed E-state index contributed by atoms with van der Waals surface area (Å²) in [5.74, 6) is -2.22. The number of nitrogens with one attached hydrogen (secondary N) is 2. The van der Waals surface area contributed by atoms with Gasteiger partial charge in [-0.25, -0.2) is 4.79 Å². The zero-order valence-corrected chi connectivity index (χ0v) is 15.0. The van der Waals surface area contributed by atoms with Crippen LogP contribution in [0.15, 0.2) is 23.1 Å².